The molecule has 0 fully saturated rings. The van der Waals surface area contributed by atoms with Gasteiger partial charge in [-0.05, 0) is 19.9 Å². The average molecular weight is 291 g/mol. The lowest BCUT2D eigenvalue weighted by molar-refractivity contribution is -0.145. The van der Waals surface area contributed by atoms with Gasteiger partial charge in [0.1, 0.15) is 5.69 Å². The smallest absolute Gasteiger partial charge is 0.451 e. The predicted octanol–water partition coefficient (Wildman–Crippen LogP) is 1.40. The molecule has 6 nitrogen and oxygen atoms in total. The summed E-state index contributed by atoms with van der Waals surface area (Å²) in [6.07, 6.45) is -5.10. The van der Waals surface area contributed by atoms with Crippen LogP contribution < -0.4 is 5.32 Å². The van der Waals surface area contributed by atoms with Crippen molar-refractivity contribution >= 4 is 11.9 Å². The van der Waals surface area contributed by atoms with Crippen molar-refractivity contribution < 1.29 is 27.9 Å². The minimum Gasteiger partial charge on any atom is -0.481 e. The van der Waals surface area contributed by atoms with Crippen LogP contribution in [-0.2, 0) is 11.0 Å². The maximum absolute atomic E-state index is 12.5. The summed E-state index contributed by atoms with van der Waals surface area (Å²) in [5.74, 6) is -3.42. The van der Waals surface area contributed by atoms with E-state index >= 15 is 0 Å². The number of carboxylic acid groups (broad SMARTS) is 1. The van der Waals surface area contributed by atoms with E-state index in [1.54, 1.807) is 0 Å². The van der Waals surface area contributed by atoms with Gasteiger partial charge in [0.2, 0.25) is 5.82 Å². The number of aromatic nitrogens is 2. The fraction of sp³-hybridized carbons (Fsp3) is 0.455. The van der Waals surface area contributed by atoms with Crippen LogP contribution in [0.1, 0.15) is 35.4 Å². The second-order valence-electron chi connectivity index (χ2n) is 4.19. The Labute approximate surface area is 112 Å². The van der Waals surface area contributed by atoms with Gasteiger partial charge >= 0.3 is 12.1 Å². The largest absolute Gasteiger partial charge is 0.481 e. The lowest BCUT2D eigenvalue weighted by Gasteiger charge is -2.12. The van der Waals surface area contributed by atoms with Gasteiger partial charge in [0, 0.05) is 11.7 Å². The monoisotopic (exact) mass is 291 g/mol. The Hall–Kier alpha value is -2.19. The SMILES string of the molecule is Cc1cc(C(=O)NC(C)CC(=O)O)nc(C(F)(F)F)n1. The van der Waals surface area contributed by atoms with Gasteiger partial charge in [0.25, 0.3) is 5.91 Å². The highest BCUT2D eigenvalue weighted by Crippen LogP contribution is 2.26. The summed E-state index contributed by atoms with van der Waals surface area (Å²) >= 11 is 0. The Balaban J connectivity index is 2.93. The molecular weight excluding hydrogens is 279 g/mol. The van der Waals surface area contributed by atoms with Crippen LogP contribution in [0.4, 0.5) is 13.2 Å². The fourth-order valence-corrected chi connectivity index (χ4v) is 1.42. The van der Waals surface area contributed by atoms with Crippen molar-refractivity contribution in [2.75, 3.05) is 0 Å². The molecule has 2 N–H and O–H groups in total. The van der Waals surface area contributed by atoms with Crippen LogP contribution in [-0.4, -0.2) is 33.0 Å². The number of carboxylic acids is 1. The van der Waals surface area contributed by atoms with Gasteiger partial charge < -0.3 is 10.4 Å². The molecule has 0 radical (unpaired) electrons. The molecule has 0 aliphatic rings. The zero-order valence-corrected chi connectivity index (χ0v) is 10.7. The molecule has 1 amide bonds. The topological polar surface area (TPSA) is 92.2 Å². The van der Waals surface area contributed by atoms with E-state index in [1.807, 2.05) is 0 Å². The summed E-state index contributed by atoms with van der Waals surface area (Å²) in [6, 6.07) is 0.363. The molecule has 0 aliphatic carbocycles. The quantitative estimate of drug-likeness (QED) is 0.874. The Morgan fingerprint density at radius 1 is 1.40 bits per heavy atom. The predicted molar refractivity (Wildman–Crippen MR) is 61.0 cm³/mol. The van der Waals surface area contributed by atoms with E-state index in [9.17, 15) is 22.8 Å². The van der Waals surface area contributed by atoms with Crippen LogP contribution in [0.5, 0.6) is 0 Å². The van der Waals surface area contributed by atoms with Crippen molar-refractivity contribution in [3.63, 3.8) is 0 Å². The first-order valence-electron chi connectivity index (χ1n) is 5.55. The van der Waals surface area contributed by atoms with Gasteiger partial charge in [0.05, 0.1) is 6.42 Å². The Kier molecular flexibility index (Phi) is 4.64. The molecule has 110 valence electrons. The number of nitrogens with zero attached hydrogens (tertiary/aromatic N) is 2. The molecule has 1 unspecified atom stereocenters. The molecule has 1 rings (SSSR count). The third kappa shape index (κ3) is 4.48. The van der Waals surface area contributed by atoms with Gasteiger partial charge in [-0.15, -0.1) is 0 Å². The molecule has 0 spiro atoms. The molecule has 0 bridgehead atoms. The number of nitrogens with one attached hydrogen (secondary N) is 1. The standard InChI is InChI=1S/C11H12F3N3O3/c1-5-3-7(17-10(16-5)11(12,13)14)9(20)15-6(2)4-8(18)19/h3,6H,4H2,1-2H3,(H,15,20)(H,18,19). The normalized spacial score (nSPS) is 12.8. The number of rotatable bonds is 4. The van der Waals surface area contributed by atoms with Crippen molar-refractivity contribution in [3.05, 3.63) is 23.3 Å². The van der Waals surface area contributed by atoms with Gasteiger partial charge in [-0.25, -0.2) is 9.97 Å². The Bertz CT molecular complexity index is 531. The summed E-state index contributed by atoms with van der Waals surface area (Å²) in [5, 5.41) is 10.8. The highest BCUT2D eigenvalue weighted by molar-refractivity contribution is 5.92. The second kappa shape index (κ2) is 5.85. The molecule has 1 atom stereocenters. The van der Waals surface area contributed by atoms with E-state index in [1.165, 1.54) is 13.8 Å². The summed E-state index contributed by atoms with van der Waals surface area (Å²) in [5.41, 5.74) is -0.467. The summed E-state index contributed by atoms with van der Waals surface area (Å²) in [7, 11) is 0. The maximum atomic E-state index is 12.5. The lowest BCUT2D eigenvalue weighted by Crippen LogP contribution is -2.35. The van der Waals surface area contributed by atoms with Crippen molar-refractivity contribution in [2.45, 2.75) is 32.5 Å². The summed E-state index contributed by atoms with van der Waals surface area (Å²) in [4.78, 5) is 28.5. The third-order valence-electron chi connectivity index (χ3n) is 2.20. The zero-order chi connectivity index (χ0) is 15.5. The van der Waals surface area contributed by atoms with Crippen molar-refractivity contribution in [1.29, 1.82) is 0 Å². The third-order valence-corrected chi connectivity index (χ3v) is 2.20. The number of carbonyl (C=O) groups is 2. The number of carbonyl (C=O) groups excluding carboxylic acids is 1. The van der Waals surface area contributed by atoms with Crippen LogP contribution in [0.15, 0.2) is 6.07 Å². The molecule has 0 saturated carbocycles. The van der Waals surface area contributed by atoms with Crippen LogP contribution >= 0.6 is 0 Å². The second-order valence-corrected chi connectivity index (χ2v) is 4.19. The van der Waals surface area contributed by atoms with Crippen LogP contribution in [0, 0.1) is 6.92 Å². The molecule has 0 aromatic carbocycles. The molecule has 1 heterocycles. The number of aliphatic carboxylic acids is 1. The Morgan fingerprint density at radius 2 is 2.00 bits per heavy atom. The molecular formula is C11H12F3N3O3. The first kappa shape index (κ1) is 15.9. The lowest BCUT2D eigenvalue weighted by atomic mass is 10.2. The molecule has 0 saturated heterocycles. The van der Waals surface area contributed by atoms with E-state index in [2.05, 4.69) is 15.3 Å². The number of aryl methyl sites for hydroxylation is 1. The van der Waals surface area contributed by atoms with Crippen molar-refractivity contribution in [1.82, 2.24) is 15.3 Å². The minimum absolute atomic E-state index is 0.0108. The van der Waals surface area contributed by atoms with E-state index in [-0.39, 0.29) is 12.1 Å². The van der Waals surface area contributed by atoms with Crippen LogP contribution in [0.2, 0.25) is 0 Å². The maximum Gasteiger partial charge on any atom is 0.451 e. The molecule has 20 heavy (non-hydrogen) atoms. The highest BCUT2D eigenvalue weighted by atomic mass is 19.4. The Morgan fingerprint density at radius 3 is 2.50 bits per heavy atom. The first-order chi connectivity index (χ1) is 9.09. The van der Waals surface area contributed by atoms with Gasteiger partial charge in [-0.3, -0.25) is 9.59 Å². The zero-order valence-electron chi connectivity index (χ0n) is 10.7. The summed E-state index contributed by atoms with van der Waals surface area (Å²) < 4.78 is 37.5. The van der Waals surface area contributed by atoms with E-state index in [4.69, 9.17) is 5.11 Å². The average Bonchev–Trinajstić information content (AvgIpc) is 2.25. The first-order valence-corrected chi connectivity index (χ1v) is 5.55. The number of hydrogen-bond donors (Lipinski definition) is 2. The van der Waals surface area contributed by atoms with Gasteiger partial charge in [0.15, 0.2) is 0 Å². The highest BCUT2D eigenvalue weighted by Gasteiger charge is 2.35. The van der Waals surface area contributed by atoms with Crippen LogP contribution in [0.25, 0.3) is 0 Å². The molecule has 1 aromatic rings. The number of alkyl halides is 3. The van der Waals surface area contributed by atoms with Gasteiger partial charge in [-0.1, -0.05) is 0 Å². The number of hydrogen-bond acceptors (Lipinski definition) is 4. The molecule has 0 aliphatic heterocycles. The van der Waals surface area contributed by atoms with Gasteiger partial charge in [-0.2, -0.15) is 13.2 Å². The van der Waals surface area contributed by atoms with Crippen LogP contribution in [0.3, 0.4) is 0 Å². The van der Waals surface area contributed by atoms with Crippen molar-refractivity contribution in [3.8, 4) is 0 Å². The molecule has 9 heteroatoms. The summed E-state index contributed by atoms with van der Waals surface area (Å²) in [6.45, 7) is 2.72. The minimum atomic E-state index is -4.76. The number of amides is 1. The molecule has 1 aromatic heterocycles. The number of halogens is 3. The van der Waals surface area contributed by atoms with E-state index in [0.717, 1.165) is 6.07 Å². The van der Waals surface area contributed by atoms with E-state index < -0.39 is 35.6 Å². The fourth-order valence-electron chi connectivity index (χ4n) is 1.42. The van der Waals surface area contributed by atoms with Crippen molar-refractivity contribution in [2.24, 2.45) is 0 Å². The van der Waals surface area contributed by atoms with E-state index in [0.29, 0.717) is 0 Å².